The summed E-state index contributed by atoms with van der Waals surface area (Å²) in [5.41, 5.74) is 3.63. The van der Waals surface area contributed by atoms with Crippen molar-refractivity contribution < 1.29 is 23.1 Å². The number of aromatic nitrogens is 1. The largest absolute Gasteiger partial charge is 0.490 e. The zero-order valence-electron chi connectivity index (χ0n) is 15.7. The number of nitrogens with zero attached hydrogens (tertiary/aromatic N) is 2. The van der Waals surface area contributed by atoms with Crippen LogP contribution in [0.2, 0.25) is 0 Å². The van der Waals surface area contributed by atoms with E-state index < -0.39 is 12.1 Å². The van der Waals surface area contributed by atoms with E-state index in [1.165, 1.54) is 35.8 Å². The highest BCUT2D eigenvalue weighted by Gasteiger charge is 2.38. The Hall–Kier alpha value is -3.09. The van der Waals surface area contributed by atoms with Crippen LogP contribution in [0.4, 0.5) is 19.0 Å². The number of pyridine rings is 1. The quantitative estimate of drug-likeness (QED) is 0.613. The second-order valence-corrected chi connectivity index (χ2v) is 6.76. The molecule has 3 aromatic rings. The van der Waals surface area contributed by atoms with Crippen LogP contribution in [-0.2, 0) is 4.79 Å². The SMILES string of the molecule is O=C(O)C(F)(F)F.c1ccc(-c2cc(N3CCCCC3)nc3ccccc23)cc1. The summed E-state index contributed by atoms with van der Waals surface area (Å²) in [4.78, 5) is 16.2. The molecule has 0 atom stereocenters. The molecule has 0 aliphatic carbocycles. The Bertz CT molecular complexity index is 969. The molecule has 0 spiro atoms. The van der Waals surface area contributed by atoms with Gasteiger partial charge in [-0.1, -0.05) is 48.5 Å². The maximum atomic E-state index is 10.6. The van der Waals surface area contributed by atoms with Crippen molar-refractivity contribution in [3.8, 4) is 11.1 Å². The summed E-state index contributed by atoms with van der Waals surface area (Å²) in [6, 6.07) is 21.4. The minimum atomic E-state index is -5.08. The Morgan fingerprint density at radius 2 is 1.52 bits per heavy atom. The number of fused-ring (bicyclic) bond motifs is 1. The molecule has 7 heteroatoms. The zero-order valence-corrected chi connectivity index (χ0v) is 15.7. The van der Waals surface area contributed by atoms with Crippen molar-refractivity contribution >= 4 is 22.7 Å². The van der Waals surface area contributed by atoms with Gasteiger partial charge in [-0.15, -0.1) is 0 Å². The summed E-state index contributed by atoms with van der Waals surface area (Å²) in [5.74, 6) is -1.63. The molecule has 4 nitrogen and oxygen atoms in total. The Labute approximate surface area is 166 Å². The lowest BCUT2D eigenvalue weighted by Gasteiger charge is -2.28. The summed E-state index contributed by atoms with van der Waals surface area (Å²) in [6.45, 7) is 2.25. The van der Waals surface area contributed by atoms with Gasteiger partial charge in [-0.25, -0.2) is 9.78 Å². The lowest BCUT2D eigenvalue weighted by atomic mass is 10.0. The van der Waals surface area contributed by atoms with Gasteiger partial charge in [0, 0.05) is 18.5 Å². The van der Waals surface area contributed by atoms with Crippen LogP contribution >= 0.6 is 0 Å². The van der Waals surface area contributed by atoms with Crippen LogP contribution in [0.5, 0.6) is 0 Å². The van der Waals surface area contributed by atoms with E-state index in [1.807, 2.05) is 0 Å². The van der Waals surface area contributed by atoms with Crippen molar-refractivity contribution in [2.24, 2.45) is 0 Å². The first kappa shape index (κ1) is 20.6. The number of alkyl halides is 3. The van der Waals surface area contributed by atoms with Gasteiger partial charge < -0.3 is 10.0 Å². The first-order chi connectivity index (χ1) is 13.9. The molecule has 2 aromatic carbocycles. The van der Waals surface area contributed by atoms with Crippen molar-refractivity contribution in [3.63, 3.8) is 0 Å². The molecule has 0 radical (unpaired) electrons. The summed E-state index contributed by atoms with van der Waals surface area (Å²) >= 11 is 0. The molecule has 4 rings (SSSR count). The first-order valence-electron chi connectivity index (χ1n) is 9.36. The number of halogens is 3. The van der Waals surface area contributed by atoms with Gasteiger partial charge in [0.1, 0.15) is 5.82 Å². The van der Waals surface area contributed by atoms with E-state index in [0.29, 0.717) is 0 Å². The molecule has 1 N–H and O–H groups in total. The highest BCUT2D eigenvalue weighted by molar-refractivity contribution is 5.96. The Morgan fingerprint density at radius 1 is 0.931 bits per heavy atom. The fourth-order valence-corrected chi connectivity index (χ4v) is 3.30. The smallest absolute Gasteiger partial charge is 0.475 e. The number of carboxylic acid groups (broad SMARTS) is 1. The molecule has 152 valence electrons. The van der Waals surface area contributed by atoms with Gasteiger partial charge >= 0.3 is 12.1 Å². The van der Waals surface area contributed by atoms with Gasteiger partial charge in [0.05, 0.1) is 5.52 Å². The molecule has 1 saturated heterocycles. The van der Waals surface area contributed by atoms with Crippen LogP contribution in [0.25, 0.3) is 22.0 Å². The van der Waals surface area contributed by atoms with Gasteiger partial charge in [-0.05, 0) is 42.5 Å². The molecule has 0 amide bonds. The fraction of sp³-hybridized carbons (Fsp3) is 0.273. The van der Waals surface area contributed by atoms with E-state index in [0.717, 1.165) is 24.4 Å². The molecule has 1 aromatic heterocycles. The molecule has 0 bridgehead atoms. The van der Waals surface area contributed by atoms with Crippen molar-refractivity contribution in [2.75, 3.05) is 18.0 Å². The highest BCUT2D eigenvalue weighted by Crippen LogP contribution is 2.32. The monoisotopic (exact) mass is 402 g/mol. The average molecular weight is 402 g/mol. The number of piperidine rings is 1. The van der Waals surface area contributed by atoms with Gasteiger partial charge in [0.15, 0.2) is 0 Å². The van der Waals surface area contributed by atoms with Crippen LogP contribution in [0.1, 0.15) is 19.3 Å². The molecule has 29 heavy (non-hydrogen) atoms. The third-order valence-electron chi connectivity index (χ3n) is 4.71. The third kappa shape index (κ3) is 5.25. The molecule has 2 heterocycles. The number of benzene rings is 2. The molecule has 1 aliphatic heterocycles. The van der Waals surface area contributed by atoms with E-state index in [-0.39, 0.29) is 0 Å². The summed E-state index contributed by atoms with van der Waals surface area (Å²) in [5, 5.41) is 8.36. The van der Waals surface area contributed by atoms with Crippen LogP contribution in [-0.4, -0.2) is 35.3 Å². The van der Waals surface area contributed by atoms with E-state index in [9.17, 15) is 13.2 Å². The molecular weight excluding hydrogens is 381 g/mol. The molecule has 0 unspecified atom stereocenters. The highest BCUT2D eigenvalue weighted by atomic mass is 19.4. The number of carboxylic acids is 1. The van der Waals surface area contributed by atoms with Crippen molar-refractivity contribution in [1.82, 2.24) is 4.98 Å². The minimum absolute atomic E-state index is 1.09. The Morgan fingerprint density at radius 3 is 2.14 bits per heavy atom. The number of para-hydroxylation sites is 1. The van der Waals surface area contributed by atoms with Crippen LogP contribution in [0.15, 0.2) is 60.7 Å². The second kappa shape index (κ2) is 8.94. The fourth-order valence-electron chi connectivity index (χ4n) is 3.30. The normalized spacial score (nSPS) is 14.2. The summed E-state index contributed by atoms with van der Waals surface area (Å²) in [6.07, 6.45) is -1.19. The molecule has 0 saturated carbocycles. The lowest BCUT2D eigenvalue weighted by molar-refractivity contribution is -0.192. The van der Waals surface area contributed by atoms with Gasteiger partial charge in [0.25, 0.3) is 0 Å². The Kier molecular flexibility index (Phi) is 6.36. The number of anilines is 1. The third-order valence-corrected chi connectivity index (χ3v) is 4.71. The van der Waals surface area contributed by atoms with E-state index in [4.69, 9.17) is 14.9 Å². The number of carbonyl (C=O) groups is 1. The number of hydrogen-bond donors (Lipinski definition) is 1. The standard InChI is InChI=1S/C20H20N2.C2HF3O2/c1-3-9-16(10-4-1)18-15-20(22-13-7-2-8-14-22)21-19-12-6-5-11-17(18)19;3-2(4,5)1(6)7/h1,3-6,9-12,15H,2,7-8,13-14H2;(H,6,7). The van der Waals surface area contributed by atoms with E-state index in [2.05, 4.69) is 65.6 Å². The topological polar surface area (TPSA) is 53.4 Å². The van der Waals surface area contributed by atoms with E-state index in [1.54, 1.807) is 0 Å². The van der Waals surface area contributed by atoms with Gasteiger partial charge in [-0.3, -0.25) is 0 Å². The second-order valence-electron chi connectivity index (χ2n) is 6.76. The predicted octanol–water partition coefficient (Wildman–Crippen LogP) is 5.53. The first-order valence-corrected chi connectivity index (χ1v) is 9.36. The number of hydrogen-bond acceptors (Lipinski definition) is 3. The van der Waals surface area contributed by atoms with Crippen molar-refractivity contribution in [1.29, 1.82) is 0 Å². The average Bonchev–Trinajstić information content (AvgIpc) is 2.74. The van der Waals surface area contributed by atoms with Gasteiger partial charge in [0.2, 0.25) is 0 Å². The molecule has 1 aliphatic rings. The minimum Gasteiger partial charge on any atom is -0.475 e. The van der Waals surface area contributed by atoms with Crippen LogP contribution in [0, 0.1) is 0 Å². The maximum Gasteiger partial charge on any atom is 0.490 e. The van der Waals surface area contributed by atoms with Gasteiger partial charge in [-0.2, -0.15) is 13.2 Å². The van der Waals surface area contributed by atoms with Crippen LogP contribution < -0.4 is 4.90 Å². The predicted molar refractivity (Wildman–Crippen MR) is 107 cm³/mol. The zero-order chi connectivity index (χ0) is 20.9. The van der Waals surface area contributed by atoms with Crippen LogP contribution in [0.3, 0.4) is 0 Å². The summed E-state index contributed by atoms with van der Waals surface area (Å²) < 4.78 is 31.7. The summed E-state index contributed by atoms with van der Waals surface area (Å²) in [7, 11) is 0. The number of rotatable bonds is 2. The molecular formula is C22H21F3N2O2. The van der Waals surface area contributed by atoms with Crippen molar-refractivity contribution in [3.05, 3.63) is 60.7 Å². The molecule has 1 fully saturated rings. The van der Waals surface area contributed by atoms with E-state index >= 15 is 0 Å². The maximum absolute atomic E-state index is 10.6. The number of aliphatic carboxylic acids is 1. The Balaban J connectivity index is 0.000000298. The van der Waals surface area contributed by atoms with Crippen molar-refractivity contribution in [2.45, 2.75) is 25.4 Å². The lowest BCUT2D eigenvalue weighted by Crippen LogP contribution is -2.30.